The molecule has 0 aromatic heterocycles. The predicted octanol–water partition coefficient (Wildman–Crippen LogP) is 6.01. The molecule has 2 unspecified atom stereocenters. The molecule has 0 aliphatic rings. The lowest BCUT2D eigenvalue weighted by molar-refractivity contribution is -0.157. The van der Waals surface area contributed by atoms with Gasteiger partial charge in [0.25, 0.3) is 5.60 Å². The number of ether oxygens (including phenoxy) is 3. The Bertz CT molecular complexity index is 917. The molecule has 2 aromatic carbocycles. The van der Waals surface area contributed by atoms with Crippen LogP contribution < -0.4 is 9.47 Å². The lowest BCUT2D eigenvalue weighted by atomic mass is 9.85. The van der Waals surface area contributed by atoms with E-state index in [9.17, 15) is 19.3 Å². The molecule has 0 spiro atoms. The van der Waals surface area contributed by atoms with Crippen LogP contribution in [-0.2, 0) is 19.7 Å². The second-order valence-electron chi connectivity index (χ2n) is 7.68. The van der Waals surface area contributed by atoms with Gasteiger partial charge >= 0.3 is 5.97 Å². The molecule has 0 fully saturated rings. The van der Waals surface area contributed by atoms with Crippen molar-refractivity contribution in [3.8, 4) is 11.5 Å². The summed E-state index contributed by atoms with van der Waals surface area (Å²) in [5.41, 5.74) is -1.91. The molecule has 0 heterocycles. The van der Waals surface area contributed by atoms with Crippen LogP contribution >= 0.6 is 8.46 Å². The van der Waals surface area contributed by atoms with Gasteiger partial charge in [0.15, 0.2) is 8.46 Å². The van der Waals surface area contributed by atoms with Crippen molar-refractivity contribution < 1.29 is 33.5 Å². The second-order valence-corrected chi connectivity index (χ2v) is 8.30. The van der Waals surface area contributed by atoms with Crippen LogP contribution in [0, 0.1) is 5.92 Å². The summed E-state index contributed by atoms with van der Waals surface area (Å²) < 4.78 is 25.8. The van der Waals surface area contributed by atoms with Gasteiger partial charge in [-0.2, -0.15) is 0 Å². The number of benzene rings is 2. The first kappa shape index (κ1) is 29.3. The second kappa shape index (κ2) is 15.2. The van der Waals surface area contributed by atoms with E-state index in [1.54, 1.807) is 24.3 Å². The Labute approximate surface area is 203 Å². The summed E-state index contributed by atoms with van der Waals surface area (Å²) in [4.78, 5) is 25.0. The third kappa shape index (κ3) is 7.37. The van der Waals surface area contributed by atoms with Crippen molar-refractivity contribution >= 4 is 20.2 Å². The molecule has 2 aromatic rings. The van der Waals surface area contributed by atoms with Gasteiger partial charge in [0, 0.05) is 30.5 Å². The predicted molar refractivity (Wildman–Crippen MR) is 132 cm³/mol. The Hall–Kier alpha value is -2.76. The zero-order chi connectivity index (χ0) is 25.6. The summed E-state index contributed by atoms with van der Waals surface area (Å²) in [7, 11) is 4.36. The quantitative estimate of drug-likeness (QED) is 0.209. The van der Waals surface area contributed by atoms with E-state index in [2.05, 4.69) is 13.8 Å². The van der Waals surface area contributed by atoms with Crippen LogP contribution in [0.25, 0.3) is 0 Å². The molecule has 0 radical (unpaired) electrons. The van der Waals surface area contributed by atoms with Crippen molar-refractivity contribution in [3.63, 3.8) is 0 Å². The van der Waals surface area contributed by atoms with Crippen molar-refractivity contribution in [1.29, 1.82) is 0 Å². The van der Waals surface area contributed by atoms with Crippen LogP contribution in [0.3, 0.4) is 0 Å². The molecular weight excluding hydrogens is 455 g/mol. The number of hydrogen-bond donors (Lipinski definition) is 1. The molecule has 34 heavy (non-hydrogen) atoms. The van der Waals surface area contributed by atoms with E-state index in [1.807, 2.05) is 0 Å². The molecule has 0 aliphatic heterocycles. The lowest BCUT2D eigenvalue weighted by Gasteiger charge is -2.28. The largest absolute Gasteiger partial charge is 0.497 e. The highest BCUT2D eigenvalue weighted by Gasteiger charge is 2.50. The van der Waals surface area contributed by atoms with Gasteiger partial charge in [-0.15, -0.1) is 0 Å². The molecule has 0 bridgehead atoms. The summed E-state index contributed by atoms with van der Waals surface area (Å²) >= 11 is 0. The third-order valence-corrected chi connectivity index (χ3v) is 6.29. The van der Waals surface area contributed by atoms with Crippen LogP contribution in [0.1, 0.15) is 55.5 Å². The van der Waals surface area contributed by atoms with E-state index in [4.69, 9.17) is 14.2 Å². The fraction of sp³-hybridized carbons (Fsp3) is 0.462. The van der Waals surface area contributed by atoms with Gasteiger partial charge < -0.3 is 19.3 Å². The number of carbonyl (C=O) groups excluding carboxylic acids is 1. The van der Waals surface area contributed by atoms with Gasteiger partial charge in [0.2, 0.25) is 5.78 Å². The number of carboxylic acids is 1. The number of methoxy groups -OCH3 is 3. The fourth-order valence-electron chi connectivity index (χ4n) is 3.53. The Balaban J connectivity index is 0.000000489. The van der Waals surface area contributed by atoms with E-state index in [-0.39, 0.29) is 16.9 Å². The maximum absolute atomic E-state index is 13.0. The number of unbranched alkanes of at least 4 members (excludes halogenated alkanes) is 1. The van der Waals surface area contributed by atoms with Crippen LogP contribution in [0.15, 0.2) is 48.5 Å². The molecule has 7 nitrogen and oxygen atoms in total. The van der Waals surface area contributed by atoms with E-state index >= 15 is 0 Å². The smallest absolute Gasteiger partial charge is 0.349 e. The van der Waals surface area contributed by atoms with Gasteiger partial charge in [0.05, 0.1) is 14.2 Å². The van der Waals surface area contributed by atoms with Crippen molar-refractivity contribution in [2.75, 3.05) is 27.5 Å². The first-order chi connectivity index (χ1) is 16.4. The first-order valence-corrected chi connectivity index (χ1v) is 12.3. The first-order valence-electron chi connectivity index (χ1n) is 11.3. The Kier molecular flexibility index (Phi) is 13.1. The maximum atomic E-state index is 13.0. The normalized spacial score (nSPS) is 13.2. The van der Waals surface area contributed by atoms with Crippen LogP contribution in [-0.4, -0.2) is 44.4 Å². The Morgan fingerprint density at radius 1 is 1.03 bits per heavy atom. The van der Waals surface area contributed by atoms with Crippen LogP contribution in [0.4, 0.5) is 0 Å². The van der Waals surface area contributed by atoms with Crippen molar-refractivity contribution in [1.82, 2.24) is 0 Å². The number of carboxylic acid groups (broad SMARTS) is 1. The van der Waals surface area contributed by atoms with E-state index in [0.29, 0.717) is 20.1 Å². The molecule has 0 saturated carbocycles. The van der Waals surface area contributed by atoms with Gasteiger partial charge in [-0.05, 0) is 24.5 Å². The number of aliphatic carboxylic acids is 1. The molecule has 0 saturated heterocycles. The molecule has 0 amide bonds. The van der Waals surface area contributed by atoms with Crippen molar-refractivity contribution in [2.24, 2.45) is 5.92 Å². The topological polar surface area (TPSA) is 99.1 Å². The summed E-state index contributed by atoms with van der Waals surface area (Å²) in [5.74, 6) is -0.774. The SMILES string of the molecule is CCCCC(CC)CP=O.COc1ccc(C(OC)(C(=O)O)C(=O)c2ccccc2)c(OC)c1. The molecular formula is C26H35O7P. The number of Topliss-reactive ketones (excluding diaryl/α,β-unsaturated/α-hetero) is 1. The van der Waals surface area contributed by atoms with E-state index in [1.165, 1.54) is 71.3 Å². The third-order valence-electron chi connectivity index (χ3n) is 5.63. The van der Waals surface area contributed by atoms with E-state index in [0.717, 1.165) is 6.16 Å². The standard InChI is InChI=1S/C18H18O6.C8H17OP/c1-22-13-9-10-14(15(11-13)23-2)18(24-3,17(20)21)16(19)12-7-5-4-6-8-12;1-3-5-6-8(4-2)7-10-9/h4-11H,1-3H3,(H,20,21);8H,3-7H2,1-2H3. The van der Waals surface area contributed by atoms with Gasteiger partial charge in [-0.25, -0.2) is 4.79 Å². The molecule has 8 heteroatoms. The fourth-order valence-corrected chi connectivity index (χ4v) is 4.18. The highest BCUT2D eigenvalue weighted by molar-refractivity contribution is 7.23. The van der Waals surface area contributed by atoms with Crippen molar-refractivity contribution in [2.45, 2.75) is 45.1 Å². The molecule has 2 rings (SSSR count). The van der Waals surface area contributed by atoms with Crippen molar-refractivity contribution in [3.05, 3.63) is 59.7 Å². The number of ketones is 1. The van der Waals surface area contributed by atoms with Crippen LogP contribution in [0.5, 0.6) is 11.5 Å². The maximum Gasteiger partial charge on any atom is 0.349 e. The van der Waals surface area contributed by atoms with Gasteiger partial charge in [0.1, 0.15) is 11.5 Å². The minimum atomic E-state index is -2.22. The van der Waals surface area contributed by atoms with Gasteiger partial charge in [-0.3, -0.25) is 9.36 Å². The number of rotatable bonds is 13. The lowest BCUT2D eigenvalue weighted by Crippen LogP contribution is -2.46. The summed E-state index contributed by atoms with van der Waals surface area (Å²) in [6, 6.07) is 12.6. The van der Waals surface area contributed by atoms with Crippen LogP contribution in [0.2, 0.25) is 0 Å². The zero-order valence-electron chi connectivity index (χ0n) is 20.6. The highest BCUT2D eigenvalue weighted by atomic mass is 31.1. The summed E-state index contributed by atoms with van der Waals surface area (Å²) in [6.07, 6.45) is 5.83. The summed E-state index contributed by atoms with van der Waals surface area (Å²) in [5, 5.41) is 9.82. The highest BCUT2D eigenvalue weighted by Crippen LogP contribution is 2.38. The minimum absolute atomic E-state index is 0.0923. The molecule has 1 N–H and O–H groups in total. The number of carbonyl (C=O) groups is 2. The molecule has 2 atom stereocenters. The zero-order valence-corrected chi connectivity index (χ0v) is 21.5. The number of hydrogen-bond acceptors (Lipinski definition) is 6. The minimum Gasteiger partial charge on any atom is -0.497 e. The average molecular weight is 491 g/mol. The molecule has 186 valence electrons. The van der Waals surface area contributed by atoms with E-state index < -0.39 is 17.4 Å². The monoisotopic (exact) mass is 490 g/mol. The summed E-state index contributed by atoms with van der Waals surface area (Å²) in [6.45, 7) is 4.37. The Morgan fingerprint density at radius 3 is 2.18 bits per heavy atom. The Morgan fingerprint density at radius 2 is 1.71 bits per heavy atom. The molecule has 0 aliphatic carbocycles. The average Bonchev–Trinajstić information content (AvgIpc) is 2.87. The van der Waals surface area contributed by atoms with Gasteiger partial charge in [-0.1, -0.05) is 63.4 Å².